The summed E-state index contributed by atoms with van der Waals surface area (Å²) in [5, 5.41) is 3.69. The molecule has 162 valence electrons. The van der Waals surface area contributed by atoms with Crippen molar-refractivity contribution in [2.24, 2.45) is 0 Å². The predicted molar refractivity (Wildman–Crippen MR) is 125 cm³/mol. The van der Waals surface area contributed by atoms with Crippen LogP contribution in [0, 0.1) is 6.92 Å². The van der Waals surface area contributed by atoms with Crippen LogP contribution in [0.4, 0.5) is 5.69 Å². The van der Waals surface area contributed by atoms with Gasteiger partial charge in [0, 0.05) is 30.2 Å². The van der Waals surface area contributed by atoms with Gasteiger partial charge in [0.1, 0.15) is 0 Å². The van der Waals surface area contributed by atoms with Crippen molar-refractivity contribution in [1.29, 1.82) is 0 Å². The number of rotatable bonds is 8. The van der Waals surface area contributed by atoms with Gasteiger partial charge >= 0.3 is 0 Å². The van der Waals surface area contributed by atoms with E-state index in [2.05, 4.69) is 5.32 Å². The molecule has 0 aromatic heterocycles. The molecule has 0 aliphatic heterocycles. The maximum absolute atomic E-state index is 12.9. The molecule has 0 unspecified atom stereocenters. The normalized spacial score (nSPS) is 15.0. The monoisotopic (exact) mass is 446 g/mol. The molecule has 1 amide bonds. The molecule has 0 saturated heterocycles. The zero-order valence-corrected chi connectivity index (χ0v) is 19.3. The van der Waals surface area contributed by atoms with Crippen LogP contribution < -0.4 is 9.62 Å². The van der Waals surface area contributed by atoms with E-state index in [4.69, 9.17) is 0 Å². The number of carbonyl (C=O) groups is 1. The third-order valence-corrected chi connectivity index (χ3v) is 8.67. The first-order valence-electron chi connectivity index (χ1n) is 10.4. The van der Waals surface area contributed by atoms with E-state index in [1.807, 2.05) is 18.7 Å². The molecule has 5 nitrogen and oxygen atoms in total. The number of hydrogen-bond donors (Lipinski definition) is 1. The number of aryl methyl sites for hydroxylation is 1. The fourth-order valence-corrected chi connectivity index (χ4v) is 6.19. The van der Waals surface area contributed by atoms with Crippen LogP contribution in [0.1, 0.15) is 48.0 Å². The van der Waals surface area contributed by atoms with Crippen molar-refractivity contribution >= 4 is 33.4 Å². The first-order valence-corrected chi connectivity index (χ1v) is 12.9. The molecule has 2 aromatic rings. The highest BCUT2D eigenvalue weighted by Gasteiger charge is 2.23. The Hall–Kier alpha value is -1.99. The van der Waals surface area contributed by atoms with Crippen molar-refractivity contribution in [3.05, 3.63) is 59.7 Å². The summed E-state index contributed by atoms with van der Waals surface area (Å²) in [6, 6.07) is 13.5. The standard InChI is InChI=1S/C23H30N2O3S2/c1-18-13-14-19(23(26)24-15-16-29-20-9-5-3-6-10-20)17-22(18)25(2)30(27,28)21-11-7-4-8-12-21/h4,7-8,11-14,17,20H,3,5-6,9-10,15-16H2,1-2H3,(H,24,26). The SMILES string of the molecule is Cc1ccc(C(=O)NCCSC2CCCCC2)cc1N(C)S(=O)(=O)c1ccccc1. The topological polar surface area (TPSA) is 66.5 Å². The summed E-state index contributed by atoms with van der Waals surface area (Å²) in [5.74, 6) is 0.725. The second kappa shape index (κ2) is 10.4. The van der Waals surface area contributed by atoms with Gasteiger partial charge in [0.2, 0.25) is 0 Å². The number of amides is 1. The Morgan fingerprint density at radius 1 is 1.10 bits per heavy atom. The van der Waals surface area contributed by atoms with Crippen LogP contribution in [0.25, 0.3) is 0 Å². The minimum Gasteiger partial charge on any atom is -0.351 e. The highest BCUT2D eigenvalue weighted by molar-refractivity contribution is 7.99. The molecule has 0 spiro atoms. The molecule has 0 radical (unpaired) electrons. The molecule has 2 aromatic carbocycles. The van der Waals surface area contributed by atoms with Gasteiger partial charge in [-0.05, 0) is 49.6 Å². The van der Waals surface area contributed by atoms with Gasteiger partial charge in [-0.2, -0.15) is 11.8 Å². The minimum absolute atomic E-state index is 0.175. The number of hydrogen-bond acceptors (Lipinski definition) is 4. The Morgan fingerprint density at radius 2 is 1.80 bits per heavy atom. The van der Waals surface area contributed by atoms with Gasteiger partial charge in [-0.3, -0.25) is 9.10 Å². The molecule has 0 atom stereocenters. The summed E-state index contributed by atoms with van der Waals surface area (Å²) in [6.07, 6.45) is 6.54. The summed E-state index contributed by atoms with van der Waals surface area (Å²) < 4.78 is 27.1. The lowest BCUT2D eigenvalue weighted by Gasteiger charge is -2.22. The van der Waals surface area contributed by atoms with Crippen molar-refractivity contribution in [2.75, 3.05) is 23.7 Å². The molecule has 0 heterocycles. The van der Waals surface area contributed by atoms with E-state index in [-0.39, 0.29) is 10.8 Å². The van der Waals surface area contributed by atoms with E-state index in [0.29, 0.717) is 17.8 Å². The van der Waals surface area contributed by atoms with Gasteiger partial charge in [-0.15, -0.1) is 0 Å². The molecule has 1 N–H and O–H groups in total. The van der Waals surface area contributed by atoms with Crippen LogP contribution in [0.3, 0.4) is 0 Å². The number of sulfonamides is 1. The van der Waals surface area contributed by atoms with Crippen molar-refractivity contribution < 1.29 is 13.2 Å². The highest BCUT2D eigenvalue weighted by atomic mass is 32.2. The van der Waals surface area contributed by atoms with E-state index in [1.165, 1.54) is 43.5 Å². The van der Waals surface area contributed by atoms with Crippen LogP contribution in [-0.4, -0.2) is 38.9 Å². The summed E-state index contributed by atoms with van der Waals surface area (Å²) in [7, 11) is -2.17. The van der Waals surface area contributed by atoms with E-state index < -0.39 is 10.0 Å². The summed E-state index contributed by atoms with van der Waals surface area (Å²) in [4.78, 5) is 12.8. The maximum Gasteiger partial charge on any atom is 0.264 e. The second-order valence-electron chi connectivity index (χ2n) is 7.67. The molecule has 1 fully saturated rings. The average Bonchev–Trinajstić information content (AvgIpc) is 2.77. The Bertz CT molecular complexity index is 956. The average molecular weight is 447 g/mol. The Balaban J connectivity index is 1.64. The number of carbonyl (C=O) groups excluding carboxylic acids is 1. The van der Waals surface area contributed by atoms with Crippen molar-refractivity contribution in [2.45, 2.75) is 49.2 Å². The van der Waals surface area contributed by atoms with Gasteiger partial charge in [0.25, 0.3) is 15.9 Å². The first-order chi connectivity index (χ1) is 14.4. The Morgan fingerprint density at radius 3 is 2.50 bits per heavy atom. The smallest absolute Gasteiger partial charge is 0.264 e. The quantitative estimate of drug-likeness (QED) is 0.601. The molecule has 1 aliphatic carbocycles. The molecular formula is C23H30N2O3S2. The van der Waals surface area contributed by atoms with E-state index >= 15 is 0 Å². The van der Waals surface area contributed by atoms with Crippen molar-refractivity contribution in [1.82, 2.24) is 5.32 Å². The number of nitrogens with zero attached hydrogens (tertiary/aromatic N) is 1. The minimum atomic E-state index is -3.69. The van der Waals surface area contributed by atoms with Crippen molar-refractivity contribution in [3.63, 3.8) is 0 Å². The van der Waals surface area contributed by atoms with Crippen LogP contribution in [0.5, 0.6) is 0 Å². The second-order valence-corrected chi connectivity index (χ2v) is 11.1. The fraction of sp³-hybridized carbons (Fsp3) is 0.435. The third-order valence-electron chi connectivity index (χ3n) is 5.51. The lowest BCUT2D eigenvalue weighted by Crippen LogP contribution is -2.29. The van der Waals surface area contributed by atoms with Gasteiger partial charge in [0.15, 0.2) is 0 Å². The lowest BCUT2D eigenvalue weighted by atomic mass is 10.0. The highest BCUT2D eigenvalue weighted by Crippen LogP contribution is 2.28. The van der Waals surface area contributed by atoms with Gasteiger partial charge < -0.3 is 5.32 Å². The van der Waals surface area contributed by atoms with Crippen LogP contribution in [0.2, 0.25) is 0 Å². The third kappa shape index (κ3) is 5.58. The zero-order valence-electron chi connectivity index (χ0n) is 17.6. The Labute approximate surface area is 184 Å². The summed E-state index contributed by atoms with van der Waals surface area (Å²) in [5.41, 5.74) is 1.76. The number of benzene rings is 2. The van der Waals surface area contributed by atoms with Crippen LogP contribution in [-0.2, 0) is 10.0 Å². The van der Waals surface area contributed by atoms with Crippen LogP contribution >= 0.6 is 11.8 Å². The van der Waals surface area contributed by atoms with E-state index in [0.717, 1.165) is 16.6 Å². The maximum atomic E-state index is 12.9. The van der Waals surface area contributed by atoms with Gasteiger partial charge in [-0.1, -0.05) is 43.5 Å². The lowest BCUT2D eigenvalue weighted by molar-refractivity contribution is 0.0956. The number of anilines is 1. The van der Waals surface area contributed by atoms with Gasteiger partial charge in [-0.25, -0.2) is 8.42 Å². The molecular weight excluding hydrogens is 416 g/mol. The molecule has 30 heavy (non-hydrogen) atoms. The van der Waals surface area contributed by atoms with Crippen LogP contribution in [0.15, 0.2) is 53.4 Å². The zero-order chi connectivity index (χ0) is 21.6. The molecule has 7 heteroatoms. The Kier molecular flexibility index (Phi) is 7.83. The predicted octanol–water partition coefficient (Wildman–Crippen LogP) is 4.62. The summed E-state index contributed by atoms with van der Waals surface area (Å²) in [6.45, 7) is 2.45. The van der Waals surface area contributed by atoms with E-state index in [1.54, 1.807) is 48.5 Å². The van der Waals surface area contributed by atoms with E-state index in [9.17, 15) is 13.2 Å². The summed E-state index contributed by atoms with van der Waals surface area (Å²) >= 11 is 1.94. The van der Waals surface area contributed by atoms with Crippen molar-refractivity contribution in [3.8, 4) is 0 Å². The molecule has 1 aliphatic rings. The molecule has 1 saturated carbocycles. The molecule has 3 rings (SSSR count). The molecule has 0 bridgehead atoms. The fourth-order valence-electron chi connectivity index (χ4n) is 3.69. The largest absolute Gasteiger partial charge is 0.351 e. The number of thioether (sulfide) groups is 1. The van der Waals surface area contributed by atoms with Gasteiger partial charge in [0.05, 0.1) is 10.6 Å². The first kappa shape index (κ1) is 22.7. The number of nitrogens with one attached hydrogen (secondary N) is 1.